The summed E-state index contributed by atoms with van der Waals surface area (Å²) >= 11 is 1.64. The first-order chi connectivity index (χ1) is 7.79. The van der Waals surface area contributed by atoms with Gasteiger partial charge in [-0.15, -0.1) is 11.8 Å². The fraction of sp³-hybridized carbons (Fsp3) is 0.182. The van der Waals surface area contributed by atoms with Crippen LogP contribution in [0.5, 0.6) is 0 Å². The molecule has 0 amide bonds. The maximum atomic E-state index is 4.30. The average molecular weight is 230 g/mol. The lowest BCUT2D eigenvalue weighted by Gasteiger charge is -2.02. The highest BCUT2D eigenvalue weighted by atomic mass is 32.2. The fourth-order valence-corrected chi connectivity index (χ4v) is 2.38. The molecule has 0 N–H and O–H groups in total. The van der Waals surface area contributed by atoms with Gasteiger partial charge < -0.3 is 0 Å². The summed E-state index contributed by atoms with van der Waals surface area (Å²) in [5.41, 5.74) is 2.06. The van der Waals surface area contributed by atoms with Crippen LogP contribution in [-0.4, -0.2) is 26.0 Å². The Labute approximate surface area is 96.7 Å². The van der Waals surface area contributed by atoms with Crippen LogP contribution < -0.4 is 0 Å². The molecular formula is C11H10N4S. The molecule has 0 fully saturated rings. The number of aromatic nitrogens is 4. The summed E-state index contributed by atoms with van der Waals surface area (Å²) < 4.78 is 1.86. The number of hydrogen-bond donors (Lipinski definition) is 0. The van der Waals surface area contributed by atoms with Crippen LogP contribution in [0.4, 0.5) is 0 Å². The maximum absolute atomic E-state index is 4.30. The van der Waals surface area contributed by atoms with Gasteiger partial charge in [0.2, 0.25) is 0 Å². The van der Waals surface area contributed by atoms with Gasteiger partial charge in [0.25, 0.3) is 0 Å². The zero-order valence-electron chi connectivity index (χ0n) is 9.01. The molecule has 0 radical (unpaired) electrons. The quantitative estimate of drug-likeness (QED) is 0.475. The Hall–Kier alpha value is -1.62. The van der Waals surface area contributed by atoms with Crippen molar-refractivity contribution in [2.45, 2.75) is 5.03 Å². The third-order valence-corrected chi connectivity index (χ3v) is 3.37. The third-order valence-electron chi connectivity index (χ3n) is 2.66. The zero-order chi connectivity index (χ0) is 11.1. The molecule has 0 aliphatic rings. The predicted molar refractivity (Wildman–Crippen MR) is 65.6 cm³/mol. The first kappa shape index (κ1) is 9.59. The van der Waals surface area contributed by atoms with Crippen molar-refractivity contribution in [1.29, 1.82) is 0 Å². The van der Waals surface area contributed by atoms with E-state index in [0.717, 1.165) is 26.8 Å². The third kappa shape index (κ3) is 1.28. The van der Waals surface area contributed by atoms with Crippen LogP contribution in [0, 0.1) is 0 Å². The molecule has 0 saturated carbocycles. The molecule has 0 bridgehead atoms. The predicted octanol–water partition coefficient (Wildman–Crippen LogP) is 2.24. The van der Waals surface area contributed by atoms with Crippen LogP contribution in [0.25, 0.3) is 21.8 Å². The largest absolute Gasteiger partial charge is 0.268 e. The van der Waals surface area contributed by atoms with Gasteiger partial charge in [-0.2, -0.15) is 5.10 Å². The number of nitrogens with zero attached hydrogens (tertiary/aromatic N) is 4. The Kier molecular flexibility index (Phi) is 2.07. The highest BCUT2D eigenvalue weighted by Crippen LogP contribution is 2.26. The normalized spacial score (nSPS) is 11.4. The van der Waals surface area contributed by atoms with Crippen LogP contribution in [-0.2, 0) is 7.05 Å². The van der Waals surface area contributed by atoms with Crippen LogP contribution in [0.3, 0.4) is 0 Å². The van der Waals surface area contributed by atoms with E-state index in [0.29, 0.717) is 0 Å². The molecule has 2 aromatic heterocycles. The fourth-order valence-electron chi connectivity index (χ4n) is 1.84. The highest BCUT2D eigenvalue weighted by Gasteiger charge is 2.06. The van der Waals surface area contributed by atoms with Crippen molar-refractivity contribution in [2.75, 3.05) is 6.26 Å². The van der Waals surface area contributed by atoms with E-state index in [1.165, 1.54) is 0 Å². The van der Waals surface area contributed by atoms with E-state index in [9.17, 15) is 0 Å². The molecule has 2 heterocycles. The first-order valence-electron chi connectivity index (χ1n) is 4.90. The minimum absolute atomic E-state index is 0.968. The number of benzene rings is 1. The number of hydrogen-bond acceptors (Lipinski definition) is 4. The van der Waals surface area contributed by atoms with Crippen LogP contribution >= 0.6 is 11.8 Å². The van der Waals surface area contributed by atoms with E-state index >= 15 is 0 Å². The molecule has 0 saturated heterocycles. The number of aryl methyl sites for hydroxylation is 1. The van der Waals surface area contributed by atoms with Gasteiger partial charge in [-0.3, -0.25) is 4.68 Å². The number of fused-ring (bicyclic) bond motifs is 2. The van der Waals surface area contributed by atoms with Crippen LogP contribution in [0.1, 0.15) is 0 Å². The molecule has 0 aliphatic carbocycles. The summed E-state index contributed by atoms with van der Waals surface area (Å²) in [6.07, 6.45) is 5.50. The molecule has 3 rings (SSSR count). The molecule has 1 aromatic carbocycles. The average Bonchev–Trinajstić information content (AvgIpc) is 2.67. The Morgan fingerprint density at radius 1 is 1.25 bits per heavy atom. The van der Waals surface area contributed by atoms with Gasteiger partial charge in [0, 0.05) is 17.8 Å². The minimum Gasteiger partial charge on any atom is -0.268 e. The summed E-state index contributed by atoms with van der Waals surface area (Å²) in [5, 5.41) is 7.46. The van der Waals surface area contributed by atoms with E-state index < -0.39 is 0 Å². The lowest BCUT2D eigenvalue weighted by atomic mass is 10.2. The molecule has 4 nitrogen and oxygen atoms in total. The lowest BCUT2D eigenvalue weighted by molar-refractivity contribution is 0.797. The first-order valence-corrected chi connectivity index (χ1v) is 6.12. The number of thioether (sulfide) groups is 1. The van der Waals surface area contributed by atoms with Crippen molar-refractivity contribution < 1.29 is 0 Å². The Balaban J connectivity index is 2.47. The SMILES string of the molecule is CSc1ncnc2cc3c(cnn3C)cc12. The topological polar surface area (TPSA) is 43.6 Å². The van der Waals surface area contributed by atoms with Gasteiger partial charge in [-0.25, -0.2) is 9.97 Å². The van der Waals surface area contributed by atoms with E-state index in [1.54, 1.807) is 18.1 Å². The molecular weight excluding hydrogens is 220 g/mol. The van der Waals surface area contributed by atoms with E-state index in [4.69, 9.17) is 0 Å². The van der Waals surface area contributed by atoms with Crippen molar-refractivity contribution >= 4 is 33.6 Å². The van der Waals surface area contributed by atoms with Gasteiger partial charge >= 0.3 is 0 Å². The zero-order valence-corrected chi connectivity index (χ0v) is 9.82. The summed E-state index contributed by atoms with van der Waals surface area (Å²) in [5.74, 6) is 0. The summed E-state index contributed by atoms with van der Waals surface area (Å²) in [6.45, 7) is 0. The molecule has 0 unspecified atom stereocenters. The Morgan fingerprint density at radius 3 is 2.94 bits per heavy atom. The van der Waals surface area contributed by atoms with Gasteiger partial charge in [-0.05, 0) is 18.4 Å². The smallest absolute Gasteiger partial charge is 0.117 e. The van der Waals surface area contributed by atoms with Gasteiger partial charge in [0.1, 0.15) is 11.4 Å². The standard InChI is InChI=1S/C11H10N4S/c1-15-10-4-9-8(3-7(10)5-14-15)11(16-2)13-6-12-9/h3-6H,1-2H3. The monoisotopic (exact) mass is 230 g/mol. The maximum Gasteiger partial charge on any atom is 0.117 e. The second kappa shape index (κ2) is 3.45. The molecule has 3 aromatic rings. The molecule has 0 spiro atoms. The second-order valence-corrected chi connectivity index (χ2v) is 4.37. The van der Waals surface area contributed by atoms with E-state index in [2.05, 4.69) is 27.2 Å². The van der Waals surface area contributed by atoms with Crippen molar-refractivity contribution in [3.05, 3.63) is 24.7 Å². The van der Waals surface area contributed by atoms with Crippen molar-refractivity contribution in [3.63, 3.8) is 0 Å². The summed E-state index contributed by atoms with van der Waals surface area (Å²) in [4.78, 5) is 8.56. The van der Waals surface area contributed by atoms with Gasteiger partial charge in [-0.1, -0.05) is 0 Å². The van der Waals surface area contributed by atoms with E-state index in [1.807, 2.05) is 24.2 Å². The molecule has 0 atom stereocenters. The van der Waals surface area contributed by atoms with Crippen molar-refractivity contribution in [2.24, 2.45) is 7.05 Å². The lowest BCUT2D eigenvalue weighted by Crippen LogP contribution is -1.90. The van der Waals surface area contributed by atoms with Crippen LogP contribution in [0.15, 0.2) is 29.7 Å². The van der Waals surface area contributed by atoms with E-state index in [-0.39, 0.29) is 0 Å². The van der Waals surface area contributed by atoms with Crippen LogP contribution in [0.2, 0.25) is 0 Å². The van der Waals surface area contributed by atoms with Crippen molar-refractivity contribution in [1.82, 2.24) is 19.7 Å². The summed E-state index contributed by atoms with van der Waals surface area (Å²) in [6, 6.07) is 4.16. The van der Waals surface area contributed by atoms with Gasteiger partial charge in [0.05, 0.1) is 17.2 Å². The molecule has 0 aliphatic heterocycles. The molecule has 16 heavy (non-hydrogen) atoms. The summed E-state index contributed by atoms with van der Waals surface area (Å²) in [7, 11) is 1.94. The second-order valence-electron chi connectivity index (χ2n) is 3.58. The molecule has 80 valence electrons. The highest BCUT2D eigenvalue weighted by molar-refractivity contribution is 7.98. The molecule has 5 heteroatoms. The Morgan fingerprint density at radius 2 is 2.12 bits per heavy atom. The minimum atomic E-state index is 0.968. The number of rotatable bonds is 1. The van der Waals surface area contributed by atoms with Gasteiger partial charge in [0.15, 0.2) is 0 Å². The Bertz CT molecular complexity index is 674. The van der Waals surface area contributed by atoms with Crippen molar-refractivity contribution in [3.8, 4) is 0 Å².